The molecule has 0 spiro atoms. The van der Waals surface area contributed by atoms with Crippen LogP contribution < -0.4 is 11.1 Å². The molecular weight excluding hydrogens is 406 g/mol. The van der Waals surface area contributed by atoms with E-state index in [2.05, 4.69) is 18.8 Å². The van der Waals surface area contributed by atoms with E-state index >= 15 is 0 Å². The van der Waals surface area contributed by atoms with Crippen molar-refractivity contribution in [3.8, 4) is 17.9 Å². The molecule has 160 valence electrons. The summed E-state index contributed by atoms with van der Waals surface area (Å²) >= 11 is 0. The molecule has 0 radical (unpaired) electrons. The van der Waals surface area contributed by atoms with Gasteiger partial charge in [-0.15, -0.1) is 0 Å². The average Bonchev–Trinajstić information content (AvgIpc) is 2.97. The van der Waals surface area contributed by atoms with Crippen LogP contribution in [0.15, 0.2) is 63.5 Å². The Morgan fingerprint density at radius 2 is 1.91 bits per heavy atom. The lowest BCUT2D eigenvalue weighted by atomic mass is 9.74. The SMILES string of the molecule is CC1(C)CC(/C=C/c2ccc(O)c(/C=N/C3=C(N)C(=O)NC3=O)c2)=CC(=C(C#N)C#N)C1. The highest BCUT2D eigenvalue weighted by atomic mass is 16.3. The first-order valence-corrected chi connectivity index (χ1v) is 9.78. The Balaban J connectivity index is 1.89. The maximum absolute atomic E-state index is 11.7. The summed E-state index contributed by atoms with van der Waals surface area (Å²) in [6.07, 6.45) is 8.32. The highest BCUT2D eigenvalue weighted by Crippen LogP contribution is 2.39. The summed E-state index contributed by atoms with van der Waals surface area (Å²) in [6.45, 7) is 4.17. The number of imide groups is 1. The van der Waals surface area contributed by atoms with Crippen LogP contribution in [0.25, 0.3) is 6.08 Å². The lowest BCUT2D eigenvalue weighted by Gasteiger charge is -2.30. The van der Waals surface area contributed by atoms with Crippen LogP contribution in [-0.4, -0.2) is 23.1 Å². The molecular formula is C24H21N5O3. The topological polar surface area (TPSA) is 152 Å². The zero-order valence-electron chi connectivity index (χ0n) is 17.6. The molecule has 0 fully saturated rings. The zero-order chi connectivity index (χ0) is 23.5. The molecule has 0 saturated heterocycles. The van der Waals surface area contributed by atoms with Crippen LogP contribution in [0.2, 0.25) is 0 Å². The van der Waals surface area contributed by atoms with Crippen molar-refractivity contribution in [2.24, 2.45) is 16.1 Å². The van der Waals surface area contributed by atoms with Crippen LogP contribution in [0.4, 0.5) is 0 Å². The third kappa shape index (κ3) is 4.82. The van der Waals surface area contributed by atoms with Gasteiger partial charge in [0.25, 0.3) is 11.8 Å². The first-order chi connectivity index (χ1) is 15.1. The van der Waals surface area contributed by atoms with Crippen molar-refractivity contribution in [3.05, 3.63) is 69.6 Å². The van der Waals surface area contributed by atoms with Crippen molar-refractivity contribution in [3.63, 3.8) is 0 Å². The normalized spacial score (nSPS) is 18.0. The minimum Gasteiger partial charge on any atom is -0.507 e. The molecule has 0 aromatic heterocycles. The fourth-order valence-electron chi connectivity index (χ4n) is 3.60. The number of rotatable bonds is 4. The largest absolute Gasteiger partial charge is 0.507 e. The van der Waals surface area contributed by atoms with E-state index < -0.39 is 11.8 Å². The van der Waals surface area contributed by atoms with Crippen molar-refractivity contribution in [1.82, 2.24) is 5.32 Å². The van der Waals surface area contributed by atoms with Crippen molar-refractivity contribution in [1.29, 1.82) is 10.5 Å². The lowest BCUT2D eigenvalue weighted by Crippen LogP contribution is -2.24. The van der Waals surface area contributed by atoms with Crippen molar-refractivity contribution in [2.75, 3.05) is 0 Å². The first kappa shape index (κ1) is 22.3. The molecule has 0 bridgehead atoms. The van der Waals surface area contributed by atoms with Gasteiger partial charge in [0.1, 0.15) is 29.2 Å². The van der Waals surface area contributed by atoms with Crippen LogP contribution in [0.1, 0.15) is 37.8 Å². The summed E-state index contributed by atoms with van der Waals surface area (Å²) in [7, 11) is 0. The third-order valence-electron chi connectivity index (χ3n) is 5.07. The van der Waals surface area contributed by atoms with Crippen LogP contribution in [0.3, 0.4) is 0 Å². The van der Waals surface area contributed by atoms with E-state index in [1.165, 1.54) is 12.3 Å². The zero-order valence-corrected chi connectivity index (χ0v) is 17.6. The molecule has 1 aromatic rings. The lowest BCUT2D eigenvalue weighted by molar-refractivity contribution is -0.124. The van der Waals surface area contributed by atoms with Crippen molar-refractivity contribution < 1.29 is 14.7 Å². The van der Waals surface area contributed by atoms with Gasteiger partial charge in [0, 0.05) is 11.8 Å². The number of nitrogens with two attached hydrogens (primary N) is 1. The third-order valence-corrected chi connectivity index (χ3v) is 5.07. The number of carbonyl (C=O) groups excluding carboxylic acids is 2. The monoisotopic (exact) mass is 427 g/mol. The summed E-state index contributed by atoms with van der Waals surface area (Å²) < 4.78 is 0. The highest BCUT2D eigenvalue weighted by molar-refractivity contribution is 6.19. The number of benzene rings is 1. The Labute approximate surface area is 185 Å². The molecule has 3 rings (SSSR count). The Morgan fingerprint density at radius 3 is 2.53 bits per heavy atom. The predicted octanol–water partition coefficient (Wildman–Crippen LogP) is 2.74. The van der Waals surface area contributed by atoms with Crippen LogP contribution in [-0.2, 0) is 9.59 Å². The molecule has 1 aliphatic carbocycles. The number of phenols is 1. The van der Waals surface area contributed by atoms with Crippen LogP contribution in [0.5, 0.6) is 5.75 Å². The summed E-state index contributed by atoms with van der Waals surface area (Å²) in [6, 6.07) is 8.79. The van der Waals surface area contributed by atoms with Gasteiger partial charge in [-0.25, -0.2) is 4.99 Å². The molecule has 0 atom stereocenters. The standard InChI is InChI=1S/C24H21N5O3/c1-24(2)9-15(8-16(10-24)18(11-25)12-26)4-3-14-5-6-19(30)17(7-14)13-28-21-20(27)22(31)29-23(21)32/h3-8,13,30H,9-10H2,1-2H3,(H3,27,29,31,32)/b4-3+,28-13+. The molecule has 2 aliphatic rings. The number of nitrogens with zero attached hydrogens (tertiary/aromatic N) is 3. The molecule has 32 heavy (non-hydrogen) atoms. The van der Waals surface area contributed by atoms with Gasteiger partial charge in [-0.2, -0.15) is 10.5 Å². The van der Waals surface area contributed by atoms with Crippen molar-refractivity contribution in [2.45, 2.75) is 26.7 Å². The molecule has 1 aliphatic heterocycles. The fraction of sp³-hybridized carbons (Fsp3) is 0.208. The van der Waals surface area contributed by atoms with Gasteiger partial charge in [0.05, 0.1) is 0 Å². The second kappa shape index (κ2) is 8.75. The highest BCUT2D eigenvalue weighted by Gasteiger charge is 2.28. The van der Waals surface area contributed by atoms with Gasteiger partial charge >= 0.3 is 0 Å². The second-order valence-corrected chi connectivity index (χ2v) is 8.32. The van der Waals surface area contributed by atoms with Gasteiger partial charge in [-0.05, 0) is 47.1 Å². The fourth-order valence-corrected chi connectivity index (χ4v) is 3.60. The summed E-state index contributed by atoms with van der Waals surface area (Å²) in [4.78, 5) is 27.1. The Morgan fingerprint density at radius 1 is 1.19 bits per heavy atom. The van der Waals surface area contributed by atoms with E-state index in [1.807, 2.05) is 35.7 Å². The molecule has 8 nitrogen and oxygen atoms in total. The summed E-state index contributed by atoms with van der Waals surface area (Å²) in [5.41, 5.74) is 7.91. The molecule has 1 aromatic carbocycles. The van der Waals surface area contributed by atoms with Crippen molar-refractivity contribution >= 4 is 24.1 Å². The summed E-state index contributed by atoms with van der Waals surface area (Å²) in [5, 5.41) is 30.6. The van der Waals surface area contributed by atoms with Gasteiger partial charge in [-0.1, -0.05) is 38.1 Å². The van der Waals surface area contributed by atoms with Gasteiger partial charge in [0.2, 0.25) is 0 Å². The average molecular weight is 427 g/mol. The summed E-state index contributed by atoms with van der Waals surface area (Å²) in [5.74, 6) is -1.44. The number of hydrogen-bond acceptors (Lipinski definition) is 7. The minimum absolute atomic E-state index is 0.0503. The Hall–Kier alpha value is -4.43. The molecule has 8 heteroatoms. The maximum Gasteiger partial charge on any atom is 0.279 e. The number of amides is 2. The smallest absolute Gasteiger partial charge is 0.279 e. The number of carbonyl (C=O) groups is 2. The molecule has 2 amide bonds. The number of nitrogens with one attached hydrogen (secondary N) is 1. The van der Waals surface area contributed by atoms with Crippen LogP contribution in [0, 0.1) is 28.1 Å². The van der Waals surface area contributed by atoms with E-state index in [-0.39, 0.29) is 28.1 Å². The van der Waals surface area contributed by atoms with E-state index in [4.69, 9.17) is 5.73 Å². The predicted molar refractivity (Wildman–Crippen MR) is 118 cm³/mol. The quantitative estimate of drug-likeness (QED) is 0.382. The van der Waals surface area contributed by atoms with E-state index in [0.717, 1.165) is 23.1 Å². The number of nitriles is 2. The van der Waals surface area contributed by atoms with Gasteiger partial charge in [0.15, 0.2) is 5.70 Å². The minimum atomic E-state index is -0.698. The molecule has 0 unspecified atom stereocenters. The number of aliphatic imine (C=N–C) groups is 1. The number of phenolic OH excluding ortho intramolecular Hbond substituents is 1. The van der Waals surface area contributed by atoms with Crippen LogP contribution >= 0.6 is 0 Å². The number of allylic oxidation sites excluding steroid dienone is 5. The molecule has 1 heterocycles. The first-order valence-electron chi connectivity index (χ1n) is 9.78. The maximum atomic E-state index is 11.7. The van der Waals surface area contributed by atoms with Gasteiger partial charge in [-0.3, -0.25) is 14.9 Å². The van der Waals surface area contributed by atoms with E-state index in [0.29, 0.717) is 12.0 Å². The van der Waals surface area contributed by atoms with E-state index in [9.17, 15) is 25.2 Å². The number of hydrogen-bond donors (Lipinski definition) is 3. The molecule has 0 saturated carbocycles. The Kier molecular flexibility index (Phi) is 6.08. The second-order valence-electron chi connectivity index (χ2n) is 8.32. The van der Waals surface area contributed by atoms with E-state index in [1.54, 1.807) is 12.1 Å². The van der Waals surface area contributed by atoms with Gasteiger partial charge < -0.3 is 10.8 Å². The Bertz CT molecular complexity index is 1230. The number of aromatic hydroxyl groups is 1. The molecule has 4 N–H and O–H groups in total.